The molecule has 0 amide bonds. The highest BCUT2D eigenvalue weighted by Crippen LogP contribution is 2.33. The lowest BCUT2D eigenvalue weighted by Gasteiger charge is -2.12. The fraction of sp³-hybridized carbons (Fsp3) is 0.100. The molecule has 0 aliphatic carbocycles. The molecule has 4 aromatic rings. The van der Waals surface area contributed by atoms with Crippen LogP contribution >= 0.6 is 11.3 Å². The zero-order chi connectivity index (χ0) is 19.0. The van der Waals surface area contributed by atoms with E-state index in [1.807, 2.05) is 32.0 Å². The molecule has 0 aliphatic heterocycles. The van der Waals surface area contributed by atoms with E-state index in [1.54, 1.807) is 54.1 Å². The third-order valence-electron chi connectivity index (χ3n) is 4.23. The van der Waals surface area contributed by atoms with Crippen molar-refractivity contribution in [1.82, 2.24) is 9.97 Å². The van der Waals surface area contributed by atoms with Crippen LogP contribution in [0.3, 0.4) is 0 Å². The van der Waals surface area contributed by atoms with Gasteiger partial charge in [-0.05, 0) is 49.7 Å². The first-order chi connectivity index (χ1) is 12.9. The van der Waals surface area contributed by atoms with Gasteiger partial charge in [-0.15, -0.1) is 11.3 Å². The molecule has 2 aromatic heterocycles. The fourth-order valence-electron chi connectivity index (χ4n) is 2.91. The minimum Gasteiger partial charge on any atom is -0.279 e. The summed E-state index contributed by atoms with van der Waals surface area (Å²) in [6.45, 7) is 3.92. The number of sulfonamides is 1. The van der Waals surface area contributed by atoms with Crippen LogP contribution in [0.2, 0.25) is 0 Å². The van der Waals surface area contributed by atoms with E-state index in [-0.39, 0.29) is 4.90 Å². The molecule has 0 radical (unpaired) electrons. The number of nitrogens with one attached hydrogen (secondary N) is 1. The quantitative estimate of drug-likeness (QED) is 0.540. The summed E-state index contributed by atoms with van der Waals surface area (Å²) in [4.78, 5) is 10.2. The summed E-state index contributed by atoms with van der Waals surface area (Å²) in [6, 6.07) is 16.0. The predicted molar refractivity (Wildman–Crippen MR) is 110 cm³/mol. The fourth-order valence-corrected chi connectivity index (χ4v) is 5.04. The second kappa shape index (κ2) is 6.75. The van der Waals surface area contributed by atoms with Gasteiger partial charge in [0.15, 0.2) is 0 Å². The molecule has 0 aliphatic rings. The standard InChI is InChI=1S/C20H17N3O2S2/c1-13-10-15(19-20-18(21-12-22-19)11-14(2)26-20)8-9-17(13)23-27(24,25)16-6-4-3-5-7-16/h3-12,23H,1-2H3. The Labute approximate surface area is 161 Å². The average Bonchev–Trinajstić information content (AvgIpc) is 3.04. The molecule has 2 heterocycles. The first kappa shape index (κ1) is 17.6. The number of aromatic nitrogens is 2. The molecular formula is C20H17N3O2S2. The van der Waals surface area contributed by atoms with E-state index in [1.165, 1.54) is 4.88 Å². The van der Waals surface area contributed by atoms with E-state index >= 15 is 0 Å². The van der Waals surface area contributed by atoms with Crippen molar-refractivity contribution >= 4 is 37.3 Å². The van der Waals surface area contributed by atoms with Crippen molar-refractivity contribution in [1.29, 1.82) is 0 Å². The first-order valence-electron chi connectivity index (χ1n) is 8.34. The monoisotopic (exact) mass is 395 g/mol. The number of fused-ring (bicyclic) bond motifs is 1. The van der Waals surface area contributed by atoms with Crippen molar-refractivity contribution in [2.45, 2.75) is 18.7 Å². The Hall–Kier alpha value is -2.77. The number of aryl methyl sites for hydroxylation is 2. The van der Waals surface area contributed by atoms with Crippen molar-refractivity contribution in [3.63, 3.8) is 0 Å². The van der Waals surface area contributed by atoms with E-state index in [9.17, 15) is 8.42 Å². The molecule has 0 bridgehead atoms. The Kier molecular flexibility index (Phi) is 4.41. The Bertz CT molecular complexity index is 1230. The number of nitrogens with zero attached hydrogens (tertiary/aromatic N) is 2. The lowest BCUT2D eigenvalue weighted by Crippen LogP contribution is -2.13. The molecule has 0 atom stereocenters. The van der Waals surface area contributed by atoms with Crippen LogP contribution in [0.5, 0.6) is 0 Å². The van der Waals surface area contributed by atoms with Crippen LogP contribution in [0.4, 0.5) is 5.69 Å². The smallest absolute Gasteiger partial charge is 0.261 e. The number of hydrogen-bond acceptors (Lipinski definition) is 5. The molecule has 5 nitrogen and oxygen atoms in total. The van der Waals surface area contributed by atoms with Gasteiger partial charge in [-0.1, -0.05) is 24.3 Å². The molecule has 2 aromatic carbocycles. The minimum atomic E-state index is -3.62. The zero-order valence-electron chi connectivity index (χ0n) is 14.8. The summed E-state index contributed by atoms with van der Waals surface area (Å²) < 4.78 is 28.8. The summed E-state index contributed by atoms with van der Waals surface area (Å²) in [6.07, 6.45) is 1.56. The number of rotatable bonds is 4. The molecule has 4 rings (SSSR count). The molecular weight excluding hydrogens is 378 g/mol. The van der Waals surface area contributed by atoms with Gasteiger partial charge < -0.3 is 0 Å². The number of anilines is 1. The van der Waals surface area contributed by atoms with Gasteiger partial charge in [-0.25, -0.2) is 18.4 Å². The third-order valence-corrected chi connectivity index (χ3v) is 6.66. The van der Waals surface area contributed by atoms with Gasteiger partial charge in [0.1, 0.15) is 6.33 Å². The van der Waals surface area contributed by atoms with Crippen LogP contribution in [-0.2, 0) is 10.0 Å². The lowest BCUT2D eigenvalue weighted by molar-refractivity contribution is 0.601. The largest absolute Gasteiger partial charge is 0.279 e. The van der Waals surface area contributed by atoms with Crippen molar-refractivity contribution in [2.75, 3.05) is 4.72 Å². The van der Waals surface area contributed by atoms with E-state index in [2.05, 4.69) is 14.7 Å². The molecule has 136 valence electrons. The zero-order valence-corrected chi connectivity index (χ0v) is 16.4. The van der Waals surface area contributed by atoms with Gasteiger partial charge in [-0.2, -0.15) is 0 Å². The molecule has 0 fully saturated rings. The van der Waals surface area contributed by atoms with Crippen LogP contribution in [0.25, 0.3) is 21.5 Å². The van der Waals surface area contributed by atoms with Crippen molar-refractivity contribution in [2.24, 2.45) is 0 Å². The highest BCUT2D eigenvalue weighted by atomic mass is 32.2. The predicted octanol–water partition coefficient (Wildman–Crippen LogP) is 4.78. The number of hydrogen-bond donors (Lipinski definition) is 1. The van der Waals surface area contributed by atoms with Gasteiger partial charge in [0.25, 0.3) is 10.0 Å². The van der Waals surface area contributed by atoms with Gasteiger partial charge in [0.05, 0.1) is 26.5 Å². The Morgan fingerprint density at radius 2 is 1.74 bits per heavy atom. The van der Waals surface area contributed by atoms with Crippen molar-refractivity contribution in [3.05, 3.63) is 71.4 Å². The summed E-state index contributed by atoms with van der Waals surface area (Å²) in [7, 11) is -3.62. The van der Waals surface area contributed by atoms with E-state index < -0.39 is 10.0 Å². The normalized spacial score (nSPS) is 11.6. The second-order valence-corrected chi connectivity index (χ2v) is 9.18. The highest BCUT2D eigenvalue weighted by Gasteiger charge is 2.16. The maximum atomic E-state index is 12.6. The average molecular weight is 396 g/mol. The second-order valence-electron chi connectivity index (χ2n) is 6.24. The Morgan fingerprint density at radius 3 is 2.48 bits per heavy atom. The molecule has 0 saturated heterocycles. The Balaban J connectivity index is 1.71. The van der Waals surface area contributed by atoms with Gasteiger partial charge in [-0.3, -0.25) is 4.72 Å². The number of thiophene rings is 1. The van der Waals surface area contributed by atoms with Crippen molar-refractivity contribution < 1.29 is 8.42 Å². The number of benzene rings is 2. The molecule has 0 unspecified atom stereocenters. The minimum absolute atomic E-state index is 0.236. The summed E-state index contributed by atoms with van der Waals surface area (Å²) in [5, 5.41) is 0. The van der Waals surface area contributed by atoms with Gasteiger partial charge in [0, 0.05) is 10.4 Å². The molecule has 1 N–H and O–H groups in total. The molecule has 7 heteroatoms. The third kappa shape index (κ3) is 3.43. The maximum Gasteiger partial charge on any atom is 0.261 e. The lowest BCUT2D eigenvalue weighted by atomic mass is 10.1. The molecule has 0 spiro atoms. The van der Waals surface area contributed by atoms with E-state index in [0.717, 1.165) is 27.0 Å². The molecule has 27 heavy (non-hydrogen) atoms. The van der Waals surface area contributed by atoms with Crippen LogP contribution < -0.4 is 4.72 Å². The summed E-state index contributed by atoms with van der Waals surface area (Å²) >= 11 is 1.65. The van der Waals surface area contributed by atoms with Crippen LogP contribution in [0.1, 0.15) is 10.4 Å². The SMILES string of the molecule is Cc1cc2ncnc(-c3ccc(NS(=O)(=O)c4ccccc4)c(C)c3)c2s1. The first-order valence-corrected chi connectivity index (χ1v) is 10.6. The van der Waals surface area contributed by atoms with E-state index in [4.69, 9.17) is 0 Å². The summed E-state index contributed by atoms with van der Waals surface area (Å²) in [5.74, 6) is 0. The van der Waals surface area contributed by atoms with Gasteiger partial charge >= 0.3 is 0 Å². The van der Waals surface area contributed by atoms with Crippen molar-refractivity contribution in [3.8, 4) is 11.3 Å². The highest BCUT2D eigenvalue weighted by molar-refractivity contribution is 7.92. The van der Waals surface area contributed by atoms with Crippen LogP contribution in [0.15, 0.2) is 65.8 Å². The molecule has 0 saturated carbocycles. The van der Waals surface area contributed by atoms with Crippen LogP contribution in [-0.4, -0.2) is 18.4 Å². The maximum absolute atomic E-state index is 12.6. The van der Waals surface area contributed by atoms with Crippen LogP contribution in [0, 0.1) is 13.8 Å². The summed E-state index contributed by atoms with van der Waals surface area (Å²) in [5.41, 5.74) is 4.10. The van der Waals surface area contributed by atoms with E-state index in [0.29, 0.717) is 5.69 Å². The Morgan fingerprint density at radius 1 is 0.963 bits per heavy atom. The van der Waals surface area contributed by atoms with Gasteiger partial charge in [0.2, 0.25) is 0 Å². The topological polar surface area (TPSA) is 72.0 Å².